The van der Waals surface area contributed by atoms with E-state index in [2.05, 4.69) is 0 Å². The minimum atomic E-state index is -0.955. The van der Waals surface area contributed by atoms with Gasteiger partial charge in [0.2, 0.25) is 0 Å². The van der Waals surface area contributed by atoms with Crippen molar-refractivity contribution in [3.63, 3.8) is 0 Å². The second-order valence-corrected chi connectivity index (χ2v) is 11.6. The molecular formula is C41H40O6. The van der Waals surface area contributed by atoms with Gasteiger partial charge in [0.25, 0.3) is 0 Å². The van der Waals surface area contributed by atoms with E-state index in [4.69, 9.17) is 23.7 Å². The van der Waals surface area contributed by atoms with Crippen LogP contribution in [0.3, 0.4) is 0 Å². The summed E-state index contributed by atoms with van der Waals surface area (Å²) in [4.78, 5) is 14.2. The first kappa shape index (κ1) is 32.5. The predicted molar refractivity (Wildman–Crippen MR) is 181 cm³/mol. The molecule has 0 unspecified atom stereocenters. The van der Waals surface area contributed by atoms with Crippen molar-refractivity contribution >= 4 is 5.78 Å². The zero-order valence-electron chi connectivity index (χ0n) is 26.3. The Morgan fingerprint density at radius 2 is 0.851 bits per heavy atom. The molecule has 0 spiro atoms. The SMILES string of the molecule is O=C(c1ccccc1)[C@@H]1O[C@H](COCc2ccccc2)[C@@H](OCc2ccccc2)[C@H](OCc2ccccc2)[C@@H]1OCc1ccccc1. The van der Waals surface area contributed by atoms with Gasteiger partial charge in [0.15, 0.2) is 5.78 Å². The maximum absolute atomic E-state index is 14.2. The van der Waals surface area contributed by atoms with E-state index in [-0.39, 0.29) is 19.0 Å². The lowest BCUT2D eigenvalue weighted by atomic mass is 9.90. The van der Waals surface area contributed by atoms with E-state index >= 15 is 0 Å². The molecule has 1 fully saturated rings. The third-order valence-corrected chi connectivity index (χ3v) is 8.20. The second kappa shape index (κ2) is 16.9. The molecule has 1 saturated heterocycles. The number of hydrogen-bond donors (Lipinski definition) is 0. The summed E-state index contributed by atoms with van der Waals surface area (Å²) in [5, 5.41) is 0. The van der Waals surface area contributed by atoms with Gasteiger partial charge in [0.1, 0.15) is 30.5 Å². The smallest absolute Gasteiger partial charge is 0.194 e. The maximum atomic E-state index is 14.2. The highest BCUT2D eigenvalue weighted by Crippen LogP contribution is 2.32. The average Bonchev–Trinajstić information content (AvgIpc) is 3.14. The minimum Gasteiger partial charge on any atom is -0.374 e. The largest absolute Gasteiger partial charge is 0.374 e. The summed E-state index contributed by atoms with van der Waals surface area (Å²) >= 11 is 0. The summed E-state index contributed by atoms with van der Waals surface area (Å²) in [5.41, 5.74) is 4.59. The van der Waals surface area contributed by atoms with Gasteiger partial charge >= 0.3 is 0 Å². The highest BCUT2D eigenvalue weighted by molar-refractivity contribution is 6.00. The van der Waals surface area contributed by atoms with Gasteiger partial charge in [-0.3, -0.25) is 4.79 Å². The number of ketones is 1. The van der Waals surface area contributed by atoms with E-state index in [0.29, 0.717) is 25.4 Å². The molecule has 240 valence electrons. The van der Waals surface area contributed by atoms with Crippen LogP contribution in [-0.4, -0.2) is 42.9 Å². The lowest BCUT2D eigenvalue weighted by Crippen LogP contribution is -2.63. The zero-order chi connectivity index (χ0) is 32.1. The van der Waals surface area contributed by atoms with Crippen LogP contribution in [0.1, 0.15) is 32.6 Å². The van der Waals surface area contributed by atoms with E-state index in [1.54, 1.807) is 12.1 Å². The Morgan fingerprint density at radius 1 is 0.468 bits per heavy atom. The van der Waals surface area contributed by atoms with Crippen LogP contribution in [0.4, 0.5) is 0 Å². The molecule has 0 saturated carbocycles. The molecule has 1 aliphatic heterocycles. The summed E-state index contributed by atoms with van der Waals surface area (Å²) < 4.78 is 33.0. The Balaban J connectivity index is 1.34. The number of carbonyl (C=O) groups excluding carboxylic acids is 1. The fraction of sp³-hybridized carbons (Fsp3) is 0.244. The highest BCUT2D eigenvalue weighted by atomic mass is 16.6. The van der Waals surface area contributed by atoms with Crippen molar-refractivity contribution in [1.82, 2.24) is 0 Å². The predicted octanol–water partition coefficient (Wildman–Crippen LogP) is 7.61. The summed E-state index contributed by atoms with van der Waals surface area (Å²) in [6.07, 6.45) is -3.59. The molecule has 6 heteroatoms. The summed E-state index contributed by atoms with van der Waals surface area (Å²) in [5.74, 6) is -0.174. The van der Waals surface area contributed by atoms with Gasteiger partial charge in [-0.25, -0.2) is 0 Å². The van der Waals surface area contributed by atoms with Crippen LogP contribution < -0.4 is 0 Å². The third kappa shape index (κ3) is 9.10. The quantitative estimate of drug-likeness (QED) is 0.111. The van der Waals surface area contributed by atoms with Crippen molar-refractivity contribution in [2.45, 2.75) is 56.9 Å². The molecule has 5 atom stereocenters. The number of hydrogen-bond acceptors (Lipinski definition) is 6. The van der Waals surface area contributed by atoms with Crippen LogP contribution >= 0.6 is 0 Å². The van der Waals surface area contributed by atoms with Crippen molar-refractivity contribution < 1.29 is 28.5 Å². The third-order valence-electron chi connectivity index (χ3n) is 8.20. The summed E-state index contributed by atoms with van der Waals surface area (Å²) in [6, 6.07) is 49.1. The summed E-state index contributed by atoms with van der Waals surface area (Å²) in [7, 11) is 0. The van der Waals surface area contributed by atoms with Crippen LogP contribution in [0.5, 0.6) is 0 Å². The molecule has 1 heterocycles. The molecule has 6 nitrogen and oxygen atoms in total. The van der Waals surface area contributed by atoms with Crippen LogP contribution in [-0.2, 0) is 50.1 Å². The monoisotopic (exact) mass is 628 g/mol. The van der Waals surface area contributed by atoms with Gasteiger partial charge in [-0.1, -0.05) is 152 Å². The Labute approximate surface area is 276 Å². The standard InChI is InChI=1S/C41H40O6/c42-37(35-24-14-5-15-25-35)39-41(46-29-34-22-12-4-13-23-34)40(45-28-33-20-10-3-11-21-33)38(44-27-32-18-8-2-9-19-32)36(47-39)30-43-26-31-16-6-1-7-17-31/h1-25,36,38-41H,26-30H2/t36-,38-,39+,40+,41-/m1/s1. The number of ether oxygens (including phenoxy) is 5. The first-order valence-electron chi connectivity index (χ1n) is 16.1. The Bertz CT molecular complexity index is 1620. The molecule has 0 aliphatic carbocycles. The molecule has 0 N–H and O–H groups in total. The number of benzene rings is 5. The lowest BCUT2D eigenvalue weighted by Gasteiger charge is -2.45. The normalized spacial score (nSPS) is 20.9. The van der Waals surface area contributed by atoms with Gasteiger partial charge in [-0.05, 0) is 22.3 Å². The van der Waals surface area contributed by atoms with Crippen molar-refractivity contribution in [3.05, 3.63) is 179 Å². The molecule has 6 rings (SSSR count). The molecular weight excluding hydrogens is 588 g/mol. The second-order valence-electron chi connectivity index (χ2n) is 11.6. The first-order valence-corrected chi connectivity index (χ1v) is 16.1. The van der Waals surface area contributed by atoms with Crippen LogP contribution in [0.2, 0.25) is 0 Å². The first-order chi connectivity index (χ1) is 23.2. The molecule has 5 aromatic carbocycles. The van der Waals surface area contributed by atoms with Crippen molar-refractivity contribution in [1.29, 1.82) is 0 Å². The number of carbonyl (C=O) groups is 1. The summed E-state index contributed by atoms with van der Waals surface area (Å²) in [6.45, 7) is 1.51. The topological polar surface area (TPSA) is 63.2 Å². The molecule has 0 amide bonds. The molecule has 0 radical (unpaired) electrons. The number of Topliss-reactive ketones (excluding diaryl/α,β-unsaturated/α-hetero) is 1. The van der Waals surface area contributed by atoms with Gasteiger partial charge in [-0.15, -0.1) is 0 Å². The molecule has 47 heavy (non-hydrogen) atoms. The Morgan fingerprint density at radius 3 is 1.32 bits per heavy atom. The van der Waals surface area contributed by atoms with Crippen LogP contribution in [0.25, 0.3) is 0 Å². The fourth-order valence-electron chi connectivity index (χ4n) is 5.77. The van der Waals surface area contributed by atoms with Gasteiger partial charge in [-0.2, -0.15) is 0 Å². The van der Waals surface area contributed by atoms with Gasteiger partial charge in [0.05, 0.1) is 33.0 Å². The Kier molecular flexibility index (Phi) is 11.7. The molecule has 5 aromatic rings. The maximum Gasteiger partial charge on any atom is 0.194 e. The number of rotatable bonds is 15. The van der Waals surface area contributed by atoms with E-state index in [9.17, 15) is 4.79 Å². The van der Waals surface area contributed by atoms with Crippen LogP contribution in [0.15, 0.2) is 152 Å². The fourth-order valence-corrected chi connectivity index (χ4v) is 5.77. The van der Waals surface area contributed by atoms with E-state index < -0.39 is 30.5 Å². The van der Waals surface area contributed by atoms with Crippen molar-refractivity contribution in [2.75, 3.05) is 6.61 Å². The van der Waals surface area contributed by atoms with E-state index in [0.717, 1.165) is 22.3 Å². The van der Waals surface area contributed by atoms with E-state index in [1.165, 1.54) is 0 Å². The highest BCUT2D eigenvalue weighted by Gasteiger charge is 2.51. The molecule has 0 aromatic heterocycles. The minimum absolute atomic E-state index is 0.174. The average molecular weight is 629 g/mol. The Hall–Kier alpha value is -4.43. The molecule has 1 aliphatic rings. The van der Waals surface area contributed by atoms with Gasteiger partial charge in [0, 0.05) is 5.56 Å². The zero-order valence-corrected chi connectivity index (χ0v) is 26.3. The van der Waals surface area contributed by atoms with Crippen molar-refractivity contribution in [3.8, 4) is 0 Å². The van der Waals surface area contributed by atoms with Crippen LogP contribution in [0, 0.1) is 0 Å². The molecule has 0 bridgehead atoms. The van der Waals surface area contributed by atoms with Crippen molar-refractivity contribution in [2.24, 2.45) is 0 Å². The lowest BCUT2D eigenvalue weighted by molar-refractivity contribution is -0.261. The van der Waals surface area contributed by atoms with Gasteiger partial charge < -0.3 is 23.7 Å². The van der Waals surface area contributed by atoms with E-state index in [1.807, 2.05) is 140 Å².